The SMILES string of the molecule is N#CCc1ccc(NC(=O)COC(=O)c2ccc(Br)cc2)cc1. The molecule has 0 aromatic heterocycles. The van der Waals surface area contributed by atoms with Crippen LogP contribution in [0.1, 0.15) is 15.9 Å². The van der Waals surface area contributed by atoms with Gasteiger partial charge in [-0.3, -0.25) is 4.79 Å². The highest BCUT2D eigenvalue weighted by Gasteiger charge is 2.10. The molecule has 0 aliphatic heterocycles. The number of anilines is 1. The Labute approximate surface area is 142 Å². The molecule has 0 radical (unpaired) electrons. The maximum absolute atomic E-state index is 11.8. The van der Waals surface area contributed by atoms with E-state index in [1.165, 1.54) is 0 Å². The molecule has 5 nitrogen and oxygen atoms in total. The molecule has 0 aliphatic carbocycles. The lowest BCUT2D eigenvalue weighted by Crippen LogP contribution is -2.20. The van der Waals surface area contributed by atoms with Crippen LogP contribution in [-0.2, 0) is 16.0 Å². The van der Waals surface area contributed by atoms with E-state index >= 15 is 0 Å². The topological polar surface area (TPSA) is 79.2 Å². The van der Waals surface area contributed by atoms with Crippen molar-refractivity contribution in [2.75, 3.05) is 11.9 Å². The number of nitrogens with zero attached hydrogens (tertiary/aromatic N) is 1. The number of hydrogen-bond donors (Lipinski definition) is 1. The van der Waals surface area contributed by atoms with Crippen molar-refractivity contribution < 1.29 is 14.3 Å². The van der Waals surface area contributed by atoms with Crippen LogP contribution in [0, 0.1) is 11.3 Å². The highest BCUT2D eigenvalue weighted by molar-refractivity contribution is 9.10. The van der Waals surface area contributed by atoms with Gasteiger partial charge in [-0.25, -0.2) is 4.79 Å². The van der Waals surface area contributed by atoms with Crippen molar-refractivity contribution in [2.45, 2.75) is 6.42 Å². The molecule has 0 heterocycles. The molecule has 0 saturated carbocycles. The van der Waals surface area contributed by atoms with Crippen LogP contribution in [0.3, 0.4) is 0 Å². The predicted molar refractivity (Wildman–Crippen MR) is 88.8 cm³/mol. The second-order valence-corrected chi connectivity index (χ2v) is 5.58. The lowest BCUT2D eigenvalue weighted by atomic mass is 10.1. The number of rotatable bonds is 5. The van der Waals surface area contributed by atoms with E-state index in [0.29, 0.717) is 17.7 Å². The zero-order valence-electron chi connectivity index (χ0n) is 12.1. The summed E-state index contributed by atoms with van der Waals surface area (Å²) in [6.45, 7) is -0.366. The van der Waals surface area contributed by atoms with E-state index in [1.807, 2.05) is 6.07 Å². The number of esters is 1. The summed E-state index contributed by atoms with van der Waals surface area (Å²) in [7, 11) is 0. The summed E-state index contributed by atoms with van der Waals surface area (Å²) in [5.74, 6) is -0.986. The van der Waals surface area contributed by atoms with Gasteiger partial charge in [0.15, 0.2) is 6.61 Å². The van der Waals surface area contributed by atoms with Crippen LogP contribution in [0.2, 0.25) is 0 Å². The zero-order valence-corrected chi connectivity index (χ0v) is 13.7. The third-order valence-corrected chi connectivity index (χ3v) is 3.46. The monoisotopic (exact) mass is 372 g/mol. The van der Waals surface area contributed by atoms with Gasteiger partial charge in [-0.2, -0.15) is 5.26 Å². The lowest BCUT2D eigenvalue weighted by molar-refractivity contribution is -0.119. The number of halogens is 1. The molecule has 23 heavy (non-hydrogen) atoms. The van der Waals surface area contributed by atoms with Gasteiger partial charge in [0.2, 0.25) is 0 Å². The third kappa shape index (κ3) is 5.24. The molecule has 0 atom stereocenters. The van der Waals surface area contributed by atoms with E-state index in [0.717, 1.165) is 10.0 Å². The van der Waals surface area contributed by atoms with Crippen molar-refractivity contribution in [3.63, 3.8) is 0 Å². The quantitative estimate of drug-likeness (QED) is 0.816. The van der Waals surface area contributed by atoms with E-state index in [2.05, 4.69) is 21.2 Å². The van der Waals surface area contributed by atoms with Crippen LogP contribution in [0.5, 0.6) is 0 Å². The van der Waals surface area contributed by atoms with Gasteiger partial charge in [-0.1, -0.05) is 28.1 Å². The lowest BCUT2D eigenvalue weighted by Gasteiger charge is -2.07. The first-order valence-corrected chi connectivity index (χ1v) is 7.56. The van der Waals surface area contributed by atoms with Gasteiger partial charge >= 0.3 is 5.97 Å². The van der Waals surface area contributed by atoms with Crippen LogP contribution in [0.25, 0.3) is 0 Å². The van der Waals surface area contributed by atoms with Gasteiger partial charge in [-0.05, 0) is 42.0 Å². The summed E-state index contributed by atoms with van der Waals surface area (Å²) in [6.07, 6.45) is 0.318. The Balaban J connectivity index is 1.84. The minimum absolute atomic E-state index is 0.318. The maximum atomic E-state index is 11.8. The smallest absolute Gasteiger partial charge is 0.338 e. The molecular weight excluding hydrogens is 360 g/mol. The normalized spacial score (nSPS) is 9.74. The maximum Gasteiger partial charge on any atom is 0.338 e. The molecule has 1 N–H and O–H groups in total. The fraction of sp³-hybridized carbons (Fsp3) is 0.118. The number of ether oxygens (including phenoxy) is 1. The second-order valence-electron chi connectivity index (χ2n) is 4.66. The second kappa shape index (κ2) is 8.11. The molecule has 0 saturated heterocycles. The van der Waals surface area contributed by atoms with Crippen molar-refractivity contribution in [3.8, 4) is 6.07 Å². The number of carbonyl (C=O) groups excluding carboxylic acids is 2. The zero-order chi connectivity index (χ0) is 16.7. The molecule has 1 amide bonds. The molecule has 0 fully saturated rings. The van der Waals surface area contributed by atoms with Gasteiger partial charge in [0, 0.05) is 10.2 Å². The summed E-state index contributed by atoms with van der Waals surface area (Å²) in [5, 5.41) is 11.2. The van der Waals surface area contributed by atoms with Gasteiger partial charge < -0.3 is 10.1 Å². The van der Waals surface area contributed by atoms with Crippen LogP contribution in [-0.4, -0.2) is 18.5 Å². The minimum Gasteiger partial charge on any atom is -0.452 e. The first kappa shape index (κ1) is 16.7. The molecule has 2 rings (SSSR count). The number of benzene rings is 2. The average Bonchev–Trinajstić information content (AvgIpc) is 2.55. The molecule has 0 aliphatic rings. The van der Waals surface area contributed by atoms with Crippen molar-refractivity contribution in [3.05, 3.63) is 64.1 Å². The number of hydrogen-bond acceptors (Lipinski definition) is 4. The number of nitriles is 1. The minimum atomic E-state index is -0.558. The van der Waals surface area contributed by atoms with Crippen LogP contribution >= 0.6 is 15.9 Å². The van der Waals surface area contributed by atoms with E-state index in [1.54, 1.807) is 48.5 Å². The van der Waals surface area contributed by atoms with Gasteiger partial charge in [0.25, 0.3) is 5.91 Å². The van der Waals surface area contributed by atoms with Gasteiger partial charge in [0.1, 0.15) is 0 Å². The van der Waals surface area contributed by atoms with Gasteiger partial charge in [-0.15, -0.1) is 0 Å². The van der Waals surface area contributed by atoms with E-state index < -0.39 is 11.9 Å². The first-order valence-electron chi connectivity index (χ1n) is 6.77. The van der Waals surface area contributed by atoms with Crippen molar-refractivity contribution in [2.24, 2.45) is 0 Å². The Morgan fingerprint density at radius 1 is 1.09 bits per heavy atom. The number of amides is 1. The van der Waals surface area contributed by atoms with Crippen molar-refractivity contribution in [1.29, 1.82) is 5.26 Å². The highest BCUT2D eigenvalue weighted by Crippen LogP contribution is 2.12. The fourth-order valence-corrected chi connectivity index (χ4v) is 2.06. The van der Waals surface area contributed by atoms with Crippen LogP contribution < -0.4 is 5.32 Å². The van der Waals surface area contributed by atoms with Crippen molar-refractivity contribution in [1.82, 2.24) is 0 Å². The van der Waals surface area contributed by atoms with E-state index in [9.17, 15) is 9.59 Å². The molecule has 0 spiro atoms. The Hall–Kier alpha value is -2.65. The van der Waals surface area contributed by atoms with Crippen molar-refractivity contribution >= 4 is 33.5 Å². The fourth-order valence-electron chi connectivity index (χ4n) is 1.79. The summed E-state index contributed by atoms with van der Waals surface area (Å²) in [4.78, 5) is 23.5. The summed E-state index contributed by atoms with van der Waals surface area (Å²) in [6, 6.07) is 15.6. The van der Waals surface area contributed by atoms with Crippen LogP contribution in [0.4, 0.5) is 5.69 Å². The van der Waals surface area contributed by atoms with E-state index in [4.69, 9.17) is 10.00 Å². The largest absolute Gasteiger partial charge is 0.452 e. The predicted octanol–water partition coefficient (Wildman–Crippen LogP) is 3.31. The standard InChI is InChI=1S/C17H13BrN2O3/c18-14-5-3-13(4-6-14)17(22)23-11-16(21)20-15-7-1-12(2-8-15)9-10-19/h1-8H,9,11H2,(H,20,21). The molecule has 0 bridgehead atoms. The van der Waals surface area contributed by atoms with Gasteiger partial charge in [0.05, 0.1) is 18.1 Å². The molecule has 116 valence electrons. The summed E-state index contributed by atoms with van der Waals surface area (Å²) >= 11 is 3.27. The number of nitrogens with one attached hydrogen (secondary N) is 1. The molecule has 6 heteroatoms. The average molecular weight is 373 g/mol. The molecular formula is C17H13BrN2O3. The number of carbonyl (C=O) groups is 2. The Bertz CT molecular complexity index is 734. The molecule has 2 aromatic rings. The highest BCUT2D eigenvalue weighted by atomic mass is 79.9. The first-order chi connectivity index (χ1) is 11.1. The summed E-state index contributed by atoms with van der Waals surface area (Å²) < 4.78 is 5.81. The Morgan fingerprint density at radius 3 is 2.35 bits per heavy atom. The molecule has 2 aromatic carbocycles. The Morgan fingerprint density at radius 2 is 1.74 bits per heavy atom. The Kier molecular flexibility index (Phi) is 5.89. The van der Waals surface area contributed by atoms with E-state index in [-0.39, 0.29) is 6.61 Å². The molecule has 0 unspecified atom stereocenters. The van der Waals surface area contributed by atoms with Crippen LogP contribution in [0.15, 0.2) is 53.0 Å². The summed E-state index contributed by atoms with van der Waals surface area (Å²) in [5.41, 5.74) is 1.82. The third-order valence-electron chi connectivity index (χ3n) is 2.94.